The summed E-state index contributed by atoms with van der Waals surface area (Å²) in [5.74, 6) is -0.481. The Kier molecular flexibility index (Phi) is 5.28. The van der Waals surface area contributed by atoms with Crippen LogP contribution in [0.25, 0.3) is 10.9 Å². The van der Waals surface area contributed by atoms with Gasteiger partial charge >= 0.3 is 6.01 Å². The molecular weight excluding hydrogens is 387 g/mol. The molecule has 2 unspecified atom stereocenters. The Balaban J connectivity index is 1.60. The number of hydrogen-bond donors (Lipinski definition) is 0. The molecule has 0 N–H and O–H groups in total. The molecule has 2 aromatic heterocycles. The van der Waals surface area contributed by atoms with Crippen LogP contribution in [0.3, 0.4) is 0 Å². The summed E-state index contributed by atoms with van der Waals surface area (Å²) in [6.07, 6.45) is 3.53. The smallest absolute Gasteiger partial charge is 0.320 e. The molecule has 4 rings (SSSR count). The molecule has 2 aliphatic rings. The molecule has 9 heteroatoms. The topological polar surface area (TPSA) is 69.6 Å². The third kappa shape index (κ3) is 3.99. The van der Waals surface area contributed by atoms with E-state index in [4.69, 9.17) is 25.8 Å². The van der Waals surface area contributed by atoms with E-state index >= 15 is 0 Å². The fourth-order valence-electron chi connectivity index (χ4n) is 3.72. The molecule has 0 amide bonds. The Bertz CT molecular complexity index is 876. The van der Waals surface area contributed by atoms with Gasteiger partial charge in [-0.25, -0.2) is 9.37 Å². The summed E-state index contributed by atoms with van der Waals surface area (Å²) in [5, 5.41) is 0.115. The summed E-state index contributed by atoms with van der Waals surface area (Å²) in [7, 11) is 0. The molecule has 7 nitrogen and oxygen atoms in total. The molecule has 0 aliphatic carbocycles. The lowest BCUT2D eigenvalue weighted by Crippen LogP contribution is -2.46. The maximum Gasteiger partial charge on any atom is 0.320 e. The average Bonchev–Trinajstić information content (AvgIpc) is 3.05. The van der Waals surface area contributed by atoms with E-state index in [0.29, 0.717) is 18.0 Å². The maximum atomic E-state index is 14.5. The molecule has 2 aliphatic heterocycles. The highest BCUT2D eigenvalue weighted by Crippen LogP contribution is 2.32. The Morgan fingerprint density at radius 3 is 2.93 bits per heavy atom. The van der Waals surface area contributed by atoms with Gasteiger partial charge in [-0.3, -0.25) is 4.90 Å². The second-order valence-corrected chi connectivity index (χ2v) is 8.52. The molecule has 0 spiro atoms. The number of halogens is 2. The van der Waals surface area contributed by atoms with Crippen LogP contribution in [0.15, 0.2) is 6.20 Å². The van der Waals surface area contributed by atoms with E-state index in [1.54, 1.807) is 0 Å². The van der Waals surface area contributed by atoms with E-state index in [2.05, 4.69) is 19.9 Å². The van der Waals surface area contributed by atoms with Crippen LogP contribution < -0.4 is 9.47 Å². The van der Waals surface area contributed by atoms with Crippen molar-refractivity contribution in [3.63, 3.8) is 0 Å². The average molecular weight is 411 g/mol. The minimum absolute atomic E-state index is 0.0416. The van der Waals surface area contributed by atoms with Gasteiger partial charge in [0.2, 0.25) is 5.88 Å². The fraction of sp³-hybridized carbons (Fsp3) is 0.632. The Labute approximate surface area is 168 Å². The molecule has 2 aromatic rings. The Morgan fingerprint density at radius 1 is 1.32 bits per heavy atom. The number of morpholine rings is 1. The van der Waals surface area contributed by atoms with Gasteiger partial charge in [-0.2, -0.15) is 9.97 Å². The lowest BCUT2D eigenvalue weighted by atomic mass is 10.2. The van der Waals surface area contributed by atoms with Gasteiger partial charge in [0, 0.05) is 24.8 Å². The van der Waals surface area contributed by atoms with Crippen molar-refractivity contribution in [2.24, 2.45) is 0 Å². The number of rotatable bonds is 4. The second kappa shape index (κ2) is 7.57. The minimum Gasteiger partial charge on any atom is -0.471 e. The van der Waals surface area contributed by atoms with Gasteiger partial charge in [0.15, 0.2) is 11.0 Å². The summed E-state index contributed by atoms with van der Waals surface area (Å²) >= 11 is 5.84. The number of aromatic nitrogens is 3. The molecule has 2 fully saturated rings. The molecular formula is C19H24ClFN4O3. The van der Waals surface area contributed by atoms with Gasteiger partial charge in [-0.1, -0.05) is 11.6 Å². The van der Waals surface area contributed by atoms with E-state index in [9.17, 15) is 4.39 Å². The van der Waals surface area contributed by atoms with Crippen molar-refractivity contribution in [2.75, 3.05) is 26.4 Å². The first-order chi connectivity index (χ1) is 13.3. The second-order valence-electron chi connectivity index (χ2n) is 8.16. The SMILES string of the molecule is CC(C)(C)Oc1nc(OCC2CCC3COCCN32)nc2c(F)c(Cl)ncc12. The molecule has 2 atom stereocenters. The van der Waals surface area contributed by atoms with Crippen molar-refractivity contribution in [3.8, 4) is 11.9 Å². The monoisotopic (exact) mass is 410 g/mol. The largest absolute Gasteiger partial charge is 0.471 e. The van der Waals surface area contributed by atoms with E-state index in [1.165, 1.54) is 6.20 Å². The van der Waals surface area contributed by atoms with E-state index in [0.717, 1.165) is 32.6 Å². The van der Waals surface area contributed by atoms with Crippen molar-refractivity contribution in [2.45, 2.75) is 51.3 Å². The first-order valence-corrected chi connectivity index (χ1v) is 9.86. The standard InChI is InChI=1S/C19H24ClFN4O3/c1-19(2,3)28-17-13-8-22-16(20)14(21)15(13)23-18(24-17)27-10-12-5-4-11-9-26-7-6-25(11)12/h8,11-12H,4-7,9-10H2,1-3H3. The van der Waals surface area contributed by atoms with Gasteiger partial charge in [0.25, 0.3) is 0 Å². The predicted molar refractivity (Wildman–Crippen MR) is 103 cm³/mol. The first kappa shape index (κ1) is 19.5. The van der Waals surface area contributed by atoms with Crippen molar-refractivity contribution >= 4 is 22.5 Å². The number of fused-ring (bicyclic) bond motifs is 2. The normalized spacial score (nSPS) is 23.0. The highest BCUT2D eigenvalue weighted by atomic mass is 35.5. The van der Waals surface area contributed by atoms with Gasteiger partial charge < -0.3 is 14.2 Å². The Morgan fingerprint density at radius 2 is 2.14 bits per heavy atom. The van der Waals surface area contributed by atoms with Crippen molar-refractivity contribution < 1.29 is 18.6 Å². The van der Waals surface area contributed by atoms with Crippen molar-refractivity contribution in [1.29, 1.82) is 0 Å². The van der Waals surface area contributed by atoms with Crippen LogP contribution in [0.4, 0.5) is 4.39 Å². The zero-order valence-corrected chi connectivity index (χ0v) is 17.0. The van der Waals surface area contributed by atoms with Crippen LogP contribution in [0.2, 0.25) is 5.15 Å². The summed E-state index contributed by atoms with van der Waals surface area (Å²) < 4.78 is 31.9. The number of ether oxygens (including phenoxy) is 3. The number of pyridine rings is 1. The van der Waals surface area contributed by atoms with Gasteiger partial charge in [-0.15, -0.1) is 0 Å². The molecule has 0 saturated carbocycles. The third-order valence-corrected chi connectivity index (χ3v) is 5.23. The molecule has 0 radical (unpaired) electrons. The quantitative estimate of drug-likeness (QED) is 0.716. The summed E-state index contributed by atoms with van der Waals surface area (Å²) in [6, 6.07) is 0.790. The molecule has 28 heavy (non-hydrogen) atoms. The predicted octanol–water partition coefficient (Wildman–Crippen LogP) is 3.24. The van der Waals surface area contributed by atoms with E-state index in [-0.39, 0.29) is 28.6 Å². The highest BCUT2D eigenvalue weighted by molar-refractivity contribution is 6.30. The van der Waals surface area contributed by atoms with Gasteiger partial charge in [-0.05, 0) is 33.6 Å². The maximum absolute atomic E-state index is 14.5. The molecule has 152 valence electrons. The number of hydrogen-bond acceptors (Lipinski definition) is 7. The van der Waals surface area contributed by atoms with Crippen molar-refractivity contribution in [1.82, 2.24) is 19.9 Å². The zero-order chi connectivity index (χ0) is 19.9. The van der Waals surface area contributed by atoms with Gasteiger partial charge in [0.05, 0.1) is 18.6 Å². The van der Waals surface area contributed by atoms with Gasteiger partial charge in [0.1, 0.15) is 17.7 Å². The van der Waals surface area contributed by atoms with Crippen molar-refractivity contribution in [3.05, 3.63) is 17.2 Å². The lowest BCUT2D eigenvalue weighted by molar-refractivity contribution is -0.0102. The van der Waals surface area contributed by atoms with Crippen LogP contribution >= 0.6 is 11.6 Å². The lowest BCUT2D eigenvalue weighted by Gasteiger charge is -2.33. The Hall–Kier alpha value is -1.77. The van der Waals surface area contributed by atoms with Crippen LogP contribution in [0, 0.1) is 5.82 Å². The van der Waals surface area contributed by atoms with Crippen LogP contribution in [-0.4, -0.2) is 63.9 Å². The molecule has 0 aromatic carbocycles. The highest BCUT2D eigenvalue weighted by Gasteiger charge is 2.36. The third-order valence-electron chi connectivity index (χ3n) is 4.97. The van der Waals surface area contributed by atoms with E-state index < -0.39 is 11.4 Å². The minimum atomic E-state index is -0.709. The first-order valence-electron chi connectivity index (χ1n) is 9.49. The zero-order valence-electron chi connectivity index (χ0n) is 16.2. The fourth-order valence-corrected chi connectivity index (χ4v) is 3.86. The van der Waals surface area contributed by atoms with E-state index in [1.807, 2.05) is 20.8 Å². The molecule has 2 saturated heterocycles. The summed E-state index contributed by atoms with van der Waals surface area (Å²) in [6.45, 7) is 8.49. The number of nitrogens with zero attached hydrogens (tertiary/aromatic N) is 4. The molecule has 4 heterocycles. The molecule has 0 bridgehead atoms. The van der Waals surface area contributed by atoms with Crippen LogP contribution in [0.5, 0.6) is 11.9 Å². The summed E-state index contributed by atoms with van der Waals surface area (Å²) in [5.41, 5.74) is -0.485. The van der Waals surface area contributed by atoms with Crippen LogP contribution in [-0.2, 0) is 4.74 Å². The summed E-state index contributed by atoms with van der Waals surface area (Å²) in [4.78, 5) is 14.9. The van der Waals surface area contributed by atoms with Crippen LogP contribution in [0.1, 0.15) is 33.6 Å².